The first-order valence-electron chi connectivity index (χ1n) is 14.9. The zero-order chi connectivity index (χ0) is 32.6. The average molecular weight is 632 g/mol. The Bertz CT molecular complexity index is 1700. The van der Waals surface area contributed by atoms with Crippen LogP contribution in [0.2, 0.25) is 0 Å². The second-order valence-electron chi connectivity index (χ2n) is 12.4. The number of nitrogens with one attached hydrogen (secondary N) is 2. The molecule has 0 saturated carbocycles. The number of nitrogens with zero attached hydrogens (tertiary/aromatic N) is 1. The van der Waals surface area contributed by atoms with E-state index in [4.69, 9.17) is 9.47 Å². The van der Waals surface area contributed by atoms with Gasteiger partial charge in [-0.2, -0.15) is 4.72 Å². The molecule has 4 rings (SSSR count). The molecule has 0 fully saturated rings. The number of hydrogen-bond donors (Lipinski definition) is 2. The molecule has 45 heavy (non-hydrogen) atoms. The molecule has 0 aliphatic rings. The summed E-state index contributed by atoms with van der Waals surface area (Å²) >= 11 is 0. The van der Waals surface area contributed by atoms with Gasteiger partial charge in [-0.15, -0.1) is 0 Å². The topological polar surface area (TPSA) is 124 Å². The summed E-state index contributed by atoms with van der Waals surface area (Å²) < 4.78 is 40.9. The fourth-order valence-electron chi connectivity index (χ4n) is 4.69. The number of aromatic nitrogens is 1. The van der Waals surface area contributed by atoms with E-state index >= 15 is 0 Å². The lowest BCUT2D eigenvalue weighted by Gasteiger charge is -2.27. The van der Waals surface area contributed by atoms with Crippen LogP contribution in [0.1, 0.15) is 52.2 Å². The van der Waals surface area contributed by atoms with Crippen LogP contribution in [0.3, 0.4) is 0 Å². The molecule has 2 atom stereocenters. The van der Waals surface area contributed by atoms with Crippen molar-refractivity contribution < 1.29 is 27.5 Å². The van der Waals surface area contributed by atoms with Gasteiger partial charge in [0, 0.05) is 18.0 Å². The minimum absolute atomic E-state index is 0.00600. The number of carbonyl (C=O) groups is 2. The maximum atomic E-state index is 13.7. The van der Waals surface area contributed by atoms with E-state index in [9.17, 15) is 18.0 Å². The first-order chi connectivity index (χ1) is 21.3. The number of sulfonamides is 1. The number of hydrogen-bond acceptors (Lipinski definition) is 7. The number of carbonyl (C=O) groups excluding carboxylic acids is 2. The van der Waals surface area contributed by atoms with Crippen LogP contribution in [0.15, 0.2) is 96.0 Å². The summed E-state index contributed by atoms with van der Waals surface area (Å²) in [7, 11) is -4.10. The van der Waals surface area contributed by atoms with E-state index in [2.05, 4.69) is 15.0 Å². The van der Waals surface area contributed by atoms with Gasteiger partial charge in [0.1, 0.15) is 30.0 Å². The van der Waals surface area contributed by atoms with Gasteiger partial charge in [-0.3, -0.25) is 9.78 Å². The van der Waals surface area contributed by atoms with E-state index in [0.717, 1.165) is 16.5 Å². The van der Waals surface area contributed by atoms with Crippen LogP contribution in [-0.4, -0.2) is 43.0 Å². The van der Waals surface area contributed by atoms with Crippen LogP contribution >= 0.6 is 0 Å². The lowest BCUT2D eigenvalue weighted by atomic mass is 10.0. The Morgan fingerprint density at radius 2 is 1.58 bits per heavy atom. The maximum absolute atomic E-state index is 13.7. The van der Waals surface area contributed by atoms with Crippen molar-refractivity contribution in [3.8, 4) is 5.75 Å². The highest BCUT2D eigenvalue weighted by molar-refractivity contribution is 7.89. The highest BCUT2D eigenvalue weighted by Crippen LogP contribution is 2.20. The van der Waals surface area contributed by atoms with Gasteiger partial charge >= 0.3 is 5.97 Å². The molecule has 1 heterocycles. The maximum Gasteiger partial charge on any atom is 0.329 e. The third kappa shape index (κ3) is 10.1. The molecule has 238 valence electrons. The van der Waals surface area contributed by atoms with E-state index in [1.165, 1.54) is 12.1 Å². The molecule has 9 nitrogen and oxygen atoms in total. The molecule has 3 aromatic carbocycles. The molecule has 10 heteroatoms. The van der Waals surface area contributed by atoms with Gasteiger partial charge in [0.2, 0.25) is 15.9 Å². The Labute approximate surface area is 265 Å². The largest absolute Gasteiger partial charge is 0.489 e. The molecule has 4 aromatic rings. The van der Waals surface area contributed by atoms with Gasteiger partial charge in [0.25, 0.3) is 0 Å². The van der Waals surface area contributed by atoms with Crippen LogP contribution in [0.5, 0.6) is 5.75 Å². The Morgan fingerprint density at radius 3 is 2.24 bits per heavy atom. The minimum Gasteiger partial charge on any atom is -0.489 e. The van der Waals surface area contributed by atoms with Crippen LogP contribution in [0.25, 0.3) is 10.9 Å². The van der Waals surface area contributed by atoms with Crippen molar-refractivity contribution in [2.24, 2.45) is 5.92 Å². The van der Waals surface area contributed by atoms with Crippen molar-refractivity contribution in [1.82, 2.24) is 15.0 Å². The number of ether oxygens (including phenoxy) is 2. The number of rotatable bonds is 13. The quantitative estimate of drug-likeness (QED) is 0.185. The van der Waals surface area contributed by atoms with E-state index in [1.54, 1.807) is 51.2 Å². The van der Waals surface area contributed by atoms with Crippen molar-refractivity contribution in [3.63, 3.8) is 0 Å². The molecule has 0 aliphatic carbocycles. The third-order valence-corrected chi connectivity index (χ3v) is 8.30. The molecule has 1 amide bonds. The molecule has 2 N–H and O–H groups in total. The zero-order valence-corrected chi connectivity index (χ0v) is 27.1. The standard InChI is InChI=1S/C35H41N3O6S/c1-24(2)20-31(38-45(41,42)29-18-15-27-12-9-19-36-30(27)22-29)33(39)37-32(34(40)44-35(3,4)5)21-25-13-16-28(17-14-25)43-23-26-10-7-6-8-11-26/h6-19,22,24,31-32,38H,20-21,23H2,1-5H3,(H,37,39)/t31-,32-/m0/s1. The highest BCUT2D eigenvalue weighted by atomic mass is 32.2. The number of fused-ring (bicyclic) bond motifs is 1. The second-order valence-corrected chi connectivity index (χ2v) is 14.1. The summed E-state index contributed by atoms with van der Waals surface area (Å²) in [5.74, 6) is -0.599. The number of pyridine rings is 1. The van der Waals surface area contributed by atoms with Crippen molar-refractivity contribution in [2.75, 3.05) is 0 Å². The van der Waals surface area contributed by atoms with Gasteiger partial charge in [-0.1, -0.05) is 68.4 Å². The second kappa shape index (κ2) is 14.7. The van der Waals surface area contributed by atoms with Crippen LogP contribution < -0.4 is 14.8 Å². The Morgan fingerprint density at radius 1 is 0.867 bits per heavy atom. The summed E-state index contributed by atoms with van der Waals surface area (Å²) in [4.78, 5) is 31.2. The van der Waals surface area contributed by atoms with Gasteiger partial charge in [0.05, 0.1) is 10.4 Å². The number of amides is 1. The SMILES string of the molecule is CC(C)C[C@H](NS(=O)(=O)c1ccc2cccnc2c1)C(=O)N[C@@H](Cc1ccc(OCc2ccccc2)cc1)C(=O)OC(C)(C)C. The van der Waals surface area contributed by atoms with Crippen LogP contribution in [-0.2, 0) is 37.4 Å². The summed E-state index contributed by atoms with van der Waals surface area (Å²) in [5, 5.41) is 3.57. The molecule has 0 spiro atoms. The Balaban J connectivity index is 1.51. The fraction of sp³-hybridized carbons (Fsp3) is 0.343. The van der Waals surface area contributed by atoms with Crippen molar-refractivity contribution in [1.29, 1.82) is 0 Å². The molecule has 0 saturated heterocycles. The predicted molar refractivity (Wildman–Crippen MR) is 174 cm³/mol. The summed E-state index contributed by atoms with van der Waals surface area (Å²) in [5.41, 5.74) is 1.53. The van der Waals surface area contributed by atoms with Gasteiger partial charge < -0.3 is 14.8 Å². The third-order valence-electron chi connectivity index (χ3n) is 6.83. The first-order valence-corrected chi connectivity index (χ1v) is 16.4. The summed E-state index contributed by atoms with van der Waals surface area (Å²) in [6, 6.07) is 23.1. The summed E-state index contributed by atoms with van der Waals surface area (Å²) in [6.07, 6.45) is 1.94. The smallest absolute Gasteiger partial charge is 0.329 e. The fourth-order valence-corrected chi connectivity index (χ4v) is 5.91. The Kier molecular flexibility index (Phi) is 11.0. The molecule has 0 bridgehead atoms. The zero-order valence-electron chi connectivity index (χ0n) is 26.3. The lowest BCUT2D eigenvalue weighted by molar-refractivity contribution is -0.158. The van der Waals surface area contributed by atoms with Crippen molar-refractivity contribution in [3.05, 3.63) is 102 Å². The molecule has 0 unspecified atom stereocenters. The highest BCUT2D eigenvalue weighted by Gasteiger charge is 2.32. The predicted octanol–water partition coefficient (Wildman–Crippen LogP) is 5.58. The molecular formula is C35H41N3O6S. The minimum atomic E-state index is -4.10. The number of benzene rings is 3. The normalized spacial score (nSPS) is 13.3. The first kappa shape index (κ1) is 33.6. The average Bonchev–Trinajstić information content (AvgIpc) is 2.99. The molecule has 0 radical (unpaired) electrons. The molecule has 0 aliphatic heterocycles. The van der Waals surface area contributed by atoms with E-state index < -0.39 is 39.6 Å². The van der Waals surface area contributed by atoms with Gasteiger partial charge in [-0.05, 0) is 74.6 Å². The van der Waals surface area contributed by atoms with Crippen molar-refractivity contribution in [2.45, 2.75) is 76.6 Å². The van der Waals surface area contributed by atoms with E-state index in [1.807, 2.05) is 62.4 Å². The molecule has 1 aromatic heterocycles. The van der Waals surface area contributed by atoms with E-state index in [0.29, 0.717) is 17.9 Å². The summed E-state index contributed by atoms with van der Waals surface area (Å²) in [6.45, 7) is 9.44. The monoisotopic (exact) mass is 631 g/mol. The Hall–Kier alpha value is -4.28. The van der Waals surface area contributed by atoms with Crippen LogP contribution in [0, 0.1) is 5.92 Å². The van der Waals surface area contributed by atoms with Crippen LogP contribution in [0.4, 0.5) is 0 Å². The lowest BCUT2D eigenvalue weighted by Crippen LogP contribution is -2.53. The van der Waals surface area contributed by atoms with E-state index in [-0.39, 0.29) is 23.7 Å². The van der Waals surface area contributed by atoms with Gasteiger partial charge in [-0.25, -0.2) is 13.2 Å². The van der Waals surface area contributed by atoms with Crippen molar-refractivity contribution >= 4 is 32.8 Å². The number of esters is 1. The molecular weight excluding hydrogens is 590 g/mol. The van der Waals surface area contributed by atoms with Gasteiger partial charge in [0.15, 0.2) is 0 Å².